The predicted octanol–water partition coefficient (Wildman–Crippen LogP) is 2.72. The highest BCUT2D eigenvalue weighted by molar-refractivity contribution is 7.16. The Morgan fingerprint density at radius 2 is 1.92 bits per heavy atom. The first-order chi connectivity index (χ1) is 11.4. The molecule has 128 valence electrons. The normalized spacial score (nSPS) is 12.2. The quantitative estimate of drug-likeness (QED) is 0.810. The molecule has 6 heteroatoms. The lowest BCUT2D eigenvalue weighted by Gasteiger charge is -2.21. The molecule has 0 radical (unpaired) electrons. The van der Waals surface area contributed by atoms with Gasteiger partial charge in [-0.05, 0) is 32.1 Å². The molecule has 1 unspecified atom stereocenters. The average Bonchev–Trinajstić information content (AvgIpc) is 2.91. The number of thiophene rings is 1. The highest BCUT2D eigenvalue weighted by atomic mass is 32.1. The van der Waals surface area contributed by atoms with E-state index < -0.39 is 5.91 Å². The van der Waals surface area contributed by atoms with Crippen molar-refractivity contribution < 1.29 is 9.59 Å². The molecule has 0 fully saturated rings. The van der Waals surface area contributed by atoms with Gasteiger partial charge in [-0.25, -0.2) is 0 Å². The van der Waals surface area contributed by atoms with Gasteiger partial charge >= 0.3 is 0 Å². The van der Waals surface area contributed by atoms with Crippen molar-refractivity contribution in [2.45, 2.75) is 25.8 Å². The third kappa shape index (κ3) is 4.43. The monoisotopic (exact) mass is 345 g/mol. The Morgan fingerprint density at radius 1 is 1.25 bits per heavy atom. The van der Waals surface area contributed by atoms with Crippen LogP contribution in [-0.4, -0.2) is 36.9 Å². The number of hydrogen-bond donors (Lipinski definition) is 2. The zero-order valence-corrected chi connectivity index (χ0v) is 15.0. The number of rotatable bonds is 7. The molecule has 1 aromatic carbocycles. The summed E-state index contributed by atoms with van der Waals surface area (Å²) < 4.78 is 0. The van der Waals surface area contributed by atoms with Crippen LogP contribution < -0.4 is 11.1 Å². The Bertz CT molecular complexity index is 710. The highest BCUT2D eigenvalue weighted by Gasteiger charge is 2.22. The van der Waals surface area contributed by atoms with Crippen molar-refractivity contribution in [1.82, 2.24) is 4.90 Å². The minimum absolute atomic E-state index is 0.127. The first-order valence-electron chi connectivity index (χ1n) is 7.86. The summed E-state index contributed by atoms with van der Waals surface area (Å²) >= 11 is 1.40. The third-order valence-electron chi connectivity index (χ3n) is 3.82. The average molecular weight is 345 g/mol. The van der Waals surface area contributed by atoms with Gasteiger partial charge in [0, 0.05) is 11.3 Å². The van der Waals surface area contributed by atoms with Crippen molar-refractivity contribution in [2.24, 2.45) is 5.73 Å². The summed E-state index contributed by atoms with van der Waals surface area (Å²) in [7, 11) is 3.72. The smallest absolute Gasteiger partial charge is 0.251 e. The lowest BCUT2D eigenvalue weighted by molar-refractivity contribution is -0.120. The number of hydrogen-bond acceptors (Lipinski definition) is 4. The first-order valence-corrected chi connectivity index (χ1v) is 8.67. The van der Waals surface area contributed by atoms with Gasteiger partial charge in [0.25, 0.3) is 5.91 Å². The van der Waals surface area contributed by atoms with Gasteiger partial charge in [-0.3, -0.25) is 14.5 Å². The van der Waals surface area contributed by atoms with Crippen LogP contribution in [0.3, 0.4) is 0 Å². The Morgan fingerprint density at radius 3 is 2.46 bits per heavy atom. The van der Waals surface area contributed by atoms with E-state index in [9.17, 15) is 9.59 Å². The highest BCUT2D eigenvalue weighted by Crippen LogP contribution is 2.30. The predicted molar refractivity (Wildman–Crippen MR) is 98.5 cm³/mol. The fourth-order valence-electron chi connectivity index (χ4n) is 2.58. The van der Waals surface area contributed by atoms with Crippen LogP contribution >= 0.6 is 11.3 Å². The second kappa shape index (κ2) is 8.08. The molecule has 0 aliphatic heterocycles. The number of benzene rings is 1. The first kappa shape index (κ1) is 18.2. The number of nitrogens with one attached hydrogen (secondary N) is 1. The molecular weight excluding hydrogens is 322 g/mol. The number of anilines is 1. The van der Waals surface area contributed by atoms with Gasteiger partial charge in [0.15, 0.2) is 0 Å². The van der Waals surface area contributed by atoms with Gasteiger partial charge in [0.2, 0.25) is 5.91 Å². The molecule has 24 heavy (non-hydrogen) atoms. The van der Waals surface area contributed by atoms with Crippen LogP contribution in [0.5, 0.6) is 0 Å². The maximum absolute atomic E-state index is 12.4. The maximum atomic E-state index is 12.4. The van der Waals surface area contributed by atoms with E-state index in [4.69, 9.17) is 5.73 Å². The van der Waals surface area contributed by atoms with E-state index in [0.29, 0.717) is 23.4 Å². The van der Waals surface area contributed by atoms with Crippen molar-refractivity contribution in [3.8, 4) is 0 Å². The minimum Gasteiger partial charge on any atom is -0.366 e. The van der Waals surface area contributed by atoms with Crippen LogP contribution in [-0.2, 0) is 11.2 Å². The van der Waals surface area contributed by atoms with E-state index in [1.165, 1.54) is 11.3 Å². The molecule has 0 aliphatic rings. The van der Waals surface area contributed by atoms with Gasteiger partial charge < -0.3 is 11.1 Å². The lowest BCUT2D eigenvalue weighted by atomic mass is 10.1. The van der Waals surface area contributed by atoms with Crippen molar-refractivity contribution in [1.29, 1.82) is 0 Å². The molecule has 0 spiro atoms. The van der Waals surface area contributed by atoms with Crippen LogP contribution in [0.4, 0.5) is 5.00 Å². The number of nitrogens with zero attached hydrogens (tertiary/aromatic N) is 1. The zero-order valence-electron chi connectivity index (χ0n) is 14.2. The van der Waals surface area contributed by atoms with E-state index in [2.05, 4.69) is 5.32 Å². The molecule has 2 rings (SSSR count). The summed E-state index contributed by atoms with van der Waals surface area (Å²) in [5.41, 5.74) is 6.99. The van der Waals surface area contributed by atoms with Crippen LogP contribution in [0.2, 0.25) is 0 Å². The summed E-state index contributed by atoms with van der Waals surface area (Å²) in [6.45, 7) is 1.95. The summed E-state index contributed by atoms with van der Waals surface area (Å²) in [5.74, 6) is -0.656. The number of carbonyl (C=O) groups excluding carboxylic acids is 2. The maximum Gasteiger partial charge on any atom is 0.251 e. The molecule has 1 aromatic heterocycles. The second-order valence-electron chi connectivity index (χ2n) is 5.86. The molecule has 5 nitrogen and oxygen atoms in total. The summed E-state index contributed by atoms with van der Waals surface area (Å²) in [5, 5.41) is 3.39. The second-order valence-corrected chi connectivity index (χ2v) is 7.00. The van der Waals surface area contributed by atoms with E-state index >= 15 is 0 Å². The Kier molecular flexibility index (Phi) is 6.11. The Labute approximate surface area is 146 Å². The largest absolute Gasteiger partial charge is 0.366 e. The molecule has 0 saturated heterocycles. The fourth-order valence-corrected chi connectivity index (χ4v) is 3.68. The van der Waals surface area contributed by atoms with Gasteiger partial charge in [0.05, 0.1) is 11.6 Å². The Balaban J connectivity index is 2.22. The molecule has 0 aliphatic carbocycles. The molecule has 1 atom stereocenters. The molecule has 1 heterocycles. The number of nitrogens with two attached hydrogens (primary N) is 1. The van der Waals surface area contributed by atoms with Crippen molar-refractivity contribution in [3.05, 3.63) is 52.4 Å². The van der Waals surface area contributed by atoms with E-state index in [1.54, 1.807) is 6.07 Å². The van der Waals surface area contributed by atoms with Crippen LogP contribution in [0.1, 0.15) is 34.1 Å². The van der Waals surface area contributed by atoms with E-state index in [0.717, 1.165) is 10.4 Å². The third-order valence-corrected chi connectivity index (χ3v) is 4.87. The Hall–Kier alpha value is -2.18. The summed E-state index contributed by atoms with van der Waals surface area (Å²) in [4.78, 5) is 27.0. The summed E-state index contributed by atoms with van der Waals surface area (Å²) in [6, 6.07) is 11.5. The topological polar surface area (TPSA) is 75.4 Å². The standard InChI is InChI=1S/C18H23N3O2S/c1-4-15(21(2)3)17(23)20-18-14(16(19)22)11-13(24-18)10-12-8-6-5-7-9-12/h5-9,11,15H,4,10H2,1-3H3,(H2,19,22)(H,20,23). The molecule has 2 amide bonds. The van der Waals surface area contributed by atoms with Crippen molar-refractivity contribution in [3.63, 3.8) is 0 Å². The van der Waals surface area contributed by atoms with Gasteiger partial charge in [-0.2, -0.15) is 0 Å². The number of primary amides is 1. The van der Waals surface area contributed by atoms with E-state index in [1.807, 2.05) is 56.3 Å². The molecule has 0 bridgehead atoms. The lowest BCUT2D eigenvalue weighted by Crippen LogP contribution is -2.39. The molecular formula is C18H23N3O2S. The molecule has 3 N–H and O–H groups in total. The van der Waals surface area contributed by atoms with E-state index in [-0.39, 0.29) is 11.9 Å². The van der Waals surface area contributed by atoms with Crippen LogP contribution in [0, 0.1) is 0 Å². The van der Waals surface area contributed by atoms with Gasteiger partial charge in [-0.1, -0.05) is 37.3 Å². The van der Waals surface area contributed by atoms with Crippen molar-refractivity contribution >= 4 is 28.2 Å². The number of carbonyl (C=O) groups is 2. The van der Waals surface area contributed by atoms with Crippen LogP contribution in [0.15, 0.2) is 36.4 Å². The number of likely N-dealkylation sites (N-methyl/N-ethyl adjacent to an activating group) is 1. The van der Waals surface area contributed by atoms with Crippen molar-refractivity contribution in [2.75, 3.05) is 19.4 Å². The summed E-state index contributed by atoms with van der Waals surface area (Å²) in [6.07, 6.45) is 1.39. The SMILES string of the molecule is CCC(C(=O)Nc1sc(Cc2ccccc2)cc1C(N)=O)N(C)C. The van der Waals surface area contributed by atoms with Gasteiger partial charge in [-0.15, -0.1) is 11.3 Å². The number of amides is 2. The fraction of sp³-hybridized carbons (Fsp3) is 0.333. The minimum atomic E-state index is -0.529. The zero-order chi connectivity index (χ0) is 17.7. The van der Waals surface area contributed by atoms with Crippen LogP contribution in [0.25, 0.3) is 0 Å². The van der Waals surface area contributed by atoms with Gasteiger partial charge in [0.1, 0.15) is 5.00 Å². The molecule has 2 aromatic rings. The molecule has 0 saturated carbocycles.